The summed E-state index contributed by atoms with van der Waals surface area (Å²) in [7, 11) is 1.98. The summed E-state index contributed by atoms with van der Waals surface area (Å²) < 4.78 is 1.94. The van der Waals surface area contributed by atoms with Crippen molar-refractivity contribution >= 4 is 18.3 Å². The van der Waals surface area contributed by atoms with Crippen LogP contribution in [0.4, 0.5) is 0 Å². The Morgan fingerprint density at radius 1 is 1.45 bits per heavy atom. The van der Waals surface area contributed by atoms with Crippen molar-refractivity contribution in [3.8, 4) is 0 Å². The van der Waals surface area contributed by atoms with Crippen LogP contribution in [0, 0.1) is 5.92 Å². The zero-order valence-electron chi connectivity index (χ0n) is 11.9. The normalized spacial score (nSPS) is 25.4. The quantitative estimate of drug-likeness (QED) is 0.866. The molecule has 0 spiro atoms. The number of hydrogen-bond donors (Lipinski definition) is 2. The molecule has 1 aliphatic heterocycles. The van der Waals surface area contributed by atoms with Gasteiger partial charge in [0, 0.05) is 24.8 Å². The maximum atomic E-state index is 12.3. The number of piperidine rings is 1. The van der Waals surface area contributed by atoms with Gasteiger partial charge in [0.05, 0.1) is 18.2 Å². The Morgan fingerprint density at radius 3 is 3.05 bits per heavy atom. The molecule has 2 atom stereocenters. The predicted molar refractivity (Wildman–Crippen MR) is 79.9 cm³/mol. The van der Waals surface area contributed by atoms with Gasteiger partial charge in [-0.1, -0.05) is 0 Å². The summed E-state index contributed by atoms with van der Waals surface area (Å²) >= 11 is 0. The van der Waals surface area contributed by atoms with Crippen LogP contribution in [-0.2, 0) is 18.3 Å². The first-order chi connectivity index (χ1) is 9.25. The lowest BCUT2D eigenvalue weighted by Crippen LogP contribution is -2.42. The lowest BCUT2D eigenvalue weighted by molar-refractivity contribution is -0.126. The Morgan fingerprint density at radius 2 is 2.30 bits per heavy atom. The van der Waals surface area contributed by atoms with E-state index in [9.17, 15) is 4.79 Å². The number of aromatic nitrogens is 2. The molecule has 1 amide bonds. The maximum Gasteiger partial charge on any atom is 0.224 e. The van der Waals surface area contributed by atoms with E-state index in [0.29, 0.717) is 0 Å². The molecule has 0 aromatic carbocycles. The number of hydrogen-bond acceptors (Lipinski definition) is 3. The van der Waals surface area contributed by atoms with Crippen LogP contribution in [0.2, 0.25) is 0 Å². The summed E-state index contributed by atoms with van der Waals surface area (Å²) in [6.45, 7) is 1.86. The Labute approximate surface area is 125 Å². The van der Waals surface area contributed by atoms with Gasteiger partial charge in [-0.2, -0.15) is 5.10 Å². The summed E-state index contributed by atoms with van der Waals surface area (Å²) in [6, 6.07) is 0.159. The van der Waals surface area contributed by atoms with Crippen LogP contribution in [0.25, 0.3) is 0 Å². The van der Waals surface area contributed by atoms with Crippen molar-refractivity contribution in [2.45, 2.75) is 38.1 Å². The van der Waals surface area contributed by atoms with Crippen molar-refractivity contribution in [1.29, 1.82) is 0 Å². The van der Waals surface area contributed by atoms with E-state index in [2.05, 4.69) is 15.7 Å². The van der Waals surface area contributed by atoms with Gasteiger partial charge >= 0.3 is 0 Å². The molecular weight excluding hydrogens is 276 g/mol. The molecule has 1 fully saturated rings. The van der Waals surface area contributed by atoms with Crippen molar-refractivity contribution in [3.63, 3.8) is 0 Å². The molecule has 2 N–H and O–H groups in total. The summed E-state index contributed by atoms with van der Waals surface area (Å²) in [5, 5.41) is 10.8. The Bertz CT molecular complexity index is 468. The van der Waals surface area contributed by atoms with Crippen molar-refractivity contribution < 1.29 is 4.79 Å². The van der Waals surface area contributed by atoms with E-state index in [0.717, 1.165) is 45.2 Å². The Kier molecular flexibility index (Phi) is 5.05. The second-order valence-electron chi connectivity index (χ2n) is 5.67. The van der Waals surface area contributed by atoms with E-state index in [-0.39, 0.29) is 30.3 Å². The molecule has 1 aromatic rings. The van der Waals surface area contributed by atoms with E-state index in [1.54, 1.807) is 0 Å². The average Bonchev–Trinajstić information content (AvgIpc) is 2.83. The topological polar surface area (TPSA) is 59.0 Å². The SMILES string of the molecule is Cl.Cn1ncc2c1CCCC2NC(=O)C1CCCNC1. The molecule has 2 heterocycles. The first-order valence-corrected chi connectivity index (χ1v) is 7.27. The molecule has 5 nitrogen and oxygen atoms in total. The fraction of sp³-hybridized carbons (Fsp3) is 0.714. The number of halogens is 1. The number of aryl methyl sites for hydroxylation is 1. The van der Waals surface area contributed by atoms with Gasteiger partial charge < -0.3 is 10.6 Å². The van der Waals surface area contributed by atoms with E-state index in [1.807, 2.05) is 17.9 Å². The smallest absolute Gasteiger partial charge is 0.224 e. The minimum absolute atomic E-state index is 0. The zero-order valence-corrected chi connectivity index (χ0v) is 12.7. The fourth-order valence-electron chi connectivity index (χ4n) is 3.22. The minimum Gasteiger partial charge on any atom is -0.349 e. The van der Waals surface area contributed by atoms with Crippen LogP contribution < -0.4 is 10.6 Å². The third-order valence-electron chi connectivity index (χ3n) is 4.36. The number of carbonyl (C=O) groups excluding carboxylic acids is 1. The highest BCUT2D eigenvalue weighted by atomic mass is 35.5. The second-order valence-corrected chi connectivity index (χ2v) is 5.67. The van der Waals surface area contributed by atoms with E-state index < -0.39 is 0 Å². The van der Waals surface area contributed by atoms with Crippen molar-refractivity contribution in [2.75, 3.05) is 13.1 Å². The summed E-state index contributed by atoms with van der Waals surface area (Å²) in [5.41, 5.74) is 2.49. The first-order valence-electron chi connectivity index (χ1n) is 7.27. The Balaban J connectivity index is 0.00000147. The number of nitrogens with zero attached hydrogens (tertiary/aromatic N) is 2. The predicted octanol–water partition coefficient (Wildman–Crippen LogP) is 1.34. The number of carbonyl (C=O) groups is 1. The van der Waals surface area contributed by atoms with Gasteiger partial charge in [-0.3, -0.25) is 9.48 Å². The minimum atomic E-state index is 0. The van der Waals surface area contributed by atoms with Crippen molar-refractivity contribution in [1.82, 2.24) is 20.4 Å². The van der Waals surface area contributed by atoms with Gasteiger partial charge in [0.1, 0.15) is 0 Å². The van der Waals surface area contributed by atoms with Gasteiger partial charge in [0.15, 0.2) is 0 Å². The molecular formula is C14H23ClN4O. The highest BCUT2D eigenvalue weighted by Crippen LogP contribution is 2.29. The highest BCUT2D eigenvalue weighted by molar-refractivity contribution is 5.85. The van der Waals surface area contributed by atoms with Crippen LogP contribution in [-0.4, -0.2) is 28.8 Å². The largest absolute Gasteiger partial charge is 0.349 e. The fourth-order valence-corrected chi connectivity index (χ4v) is 3.22. The number of nitrogens with one attached hydrogen (secondary N) is 2. The van der Waals surface area contributed by atoms with Crippen LogP contribution in [0.3, 0.4) is 0 Å². The Hall–Kier alpha value is -1.07. The summed E-state index contributed by atoms with van der Waals surface area (Å²) in [4.78, 5) is 12.3. The highest BCUT2D eigenvalue weighted by Gasteiger charge is 2.28. The molecule has 0 bridgehead atoms. The van der Waals surface area contributed by atoms with Crippen LogP contribution >= 0.6 is 12.4 Å². The monoisotopic (exact) mass is 298 g/mol. The van der Waals surface area contributed by atoms with Gasteiger partial charge in [-0.15, -0.1) is 12.4 Å². The van der Waals surface area contributed by atoms with Crippen molar-refractivity contribution in [2.24, 2.45) is 13.0 Å². The lowest BCUT2D eigenvalue weighted by atomic mass is 9.91. The molecule has 2 aliphatic rings. The summed E-state index contributed by atoms with van der Waals surface area (Å²) in [5.74, 6) is 0.338. The third-order valence-corrected chi connectivity index (χ3v) is 4.36. The van der Waals surface area contributed by atoms with Crippen LogP contribution in [0.5, 0.6) is 0 Å². The standard InChI is InChI=1S/C14H22N4O.ClH/c1-18-13-6-2-5-12(11(13)9-16-18)17-14(19)10-4-3-7-15-8-10;/h9-10,12,15H,2-8H2,1H3,(H,17,19);1H. The average molecular weight is 299 g/mol. The molecule has 20 heavy (non-hydrogen) atoms. The molecule has 0 radical (unpaired) electrons. The van der Waals surface area contributed by atoms with E-state index in [4.69, 9.17) is 0 Å². The maximum absolute atomic E-state index is 12.3. The van der Waals surface area contributed by atoms with E-state index in [1.165, 1.54) is 11.3 Å². The lowest BCUT2D eigenvalue weighted by Gasteiger charge is -2.27. The van der Waals surface area contributed by atoms with Gasteiger partial charge in [0.2, 0.25) is 5.91 Å². The molecule has 0 saturated carbocycles. The van der Waals surface area contributed by atoms with Gasteiger partial charge in [0.25, 0.3) is 0 Å². The van der Waals surface area contributed by atoms with E-state index >= 15 is 0 Å². The zero-order chi connectivity index (χ0) is 13.2. The van der Waals surface area contributed by atoms with Gasteiger partial charge in [-0.25, -0.2) is 0 Å². The molecule has 1 saturated heterocycles. The molecule has 2 unspecified atom stereocenters. The van der Waals surface area contributed by atoms with Crippen LogP contribution in [0.15, 0.2) is 6.20 Å². The number of fused-ring (bicyclic) bond motifs is 1. The second kappa shape index (κ2) is 6.59. The van der Waals surface area contributed by atoms with Gasteiger partial charge in [-0.05, 0) is 38.6 Å². The molecule has 6 heteroatoms. The third kappa shape index (κ3) is 2.99. The molecule has 3 rings (SSSR count). The molecule has 112 valence electrons. The van der Waals surface area contributed by atoms with Crippen LogP contribution in [0.1, 0.15) is 43.0 Å². The summed E-state index contributed by atoms with van der Waals surface area (Å²) in [6.07, 6.45) is 7.25. The number of rotatable bonds is 2. The molecule has 1 aliphatic carbocycles. The van der Waals surface area contributed by atoms with Crippen molar-refractivity contribution in [3.05, 3.63) is 17.5 Å². The molecule has 1 aromatic heterocycles. The number of amides is 1. The first kappa shape index (κ1) is 15.3.